The molecule has 16 heavy (non-hydrogen) atoms. The molecule has 1 radical (unpaired) electrons. The molecule has 3 nitrogen and oxygen atoms in total. The third-order valence-corrected chi connectivity index (χ3v) is 2.26. The number of nitrogens with zero attached hydrogens (tertiary/aromatic N) is 3. The lowest BCUT2D eigenvalue weighted by Gasteiger charge is -2.12. The first-order valence-corrected chi connectivity index (χ1v) is 4.97. The Hall–Kier alpha value is -1.50. The van der Waals surface area contributed by atoms with Gasteiger partial charge < -0.3 is 0 Å². The minimum atomic E-state index is -4.54. The summed E-state index contributed by atoms with van der Waals surface area (Å²) in [5.41, 5.74) is 0.534. The summed E-state index contributed by atoms with van der Waals surface area (Å²) in [4.78, 5) is 3.38. The molecule has 0 aliphatic carbocycles. The first kappa shape index (κ1) is 11.0. The summed E-state index contributed by atoms with van der Waals surface area (Å²) in [6.07, 6.45) is -4.54. The molecule has 0 unspecified atom stereocenters. The maximum Gasteiger partial charge on any atom is 0.452 e. The number of hydrogen-bond donors (Lipinski definition) is 0. The first-order valence-electron chi connectivity index (χ1n) is 4.24. The number of halogens is 3. The van der Waals surface area contributed by atoms with Gasteiger partial charge in [0.2, 0.25) is 5.84 Å². The molecular formula is C9H5F3N3S. The maximum absolute atomic E-state index is 12.3. The van der Waals surface area contributed by atoms with Crippen LogP contribution in [-0.4, -0.2) is 17.8 Å². The average Bonchev–Trinajstić information content (AvgIpc) is 2.29. The van der Waals surface area contributed by atoms with Crippen molar-refractivity contribution in [2.24, 2.45) is 9.39 Å². The van der Waals surface area contributed by atoms with Gasteiger partial charge in [-0.05, 0) is 0 Å². The van der Waals surface area contributed by atoms with E-state index in [0.717, 1.165) is 0 Å². The van der Waals surface area contributed by atoms with Crippen molar-refractivity contribution in [1.82, 2.24) is 4.72 Å². The predicted octanol–water partition coefficient (Wildman–Crippen LogP) is 2.58. The van der Waals surface area contributed by atoms with Crippen LogP contribution in [0.5, 0.6) is 0 Å². The fraction of sp³-hybridized carbons (Fsp3) is 0.111. The molecule has 0 aromatic heterocycles. The molecule has 1 aromatic carbocycles. The second kappa shape index (κ2) is 4.17. The fourth-order valence-electron chi connectivity index (χ4n) is 1.06. The summed E-state index contributed by atoms with van der Waals surface area (Å²) in [6, 6.07) is 8.46. The van der Waals surface area contributed by atoms with Gasteiger partial charge in [0.1, 0.15) is 12.1 Å². The van der Waals surface area contributed by atoms with Crippen LogP contribution in [0.15, 0.2) is 39.7 Å². The Kier molecular flexibility index (Phi) is 2.86. The van der Waals surface area contributed by atoms with Crippen LogP contribution in [0.3, 0.4) is 0 Å². The number of amidine groups is 2. The van der Waals surface area contributed by atoms with E-state index in [9.17, 15) is 13.2 Å². The third kappa shape index (κ3) is 2.35. The van der Waals surface area contributed by atoms with E-state index in [1.165, 1.54) is 0 Å². The van der Waals surface area contributed by atoms with Gasteiger partial charge in [0.05, 0.1) is 0 Å². The molecule has 1 aliphatic heterocycles. The quantitative estimate of drug-likeness (QED) is 0.700. The molecule has 0 atom stereocenters. The number of alkyl halides is 3. The molecule has 1 heterocycles. The molecule has 0 amide bonds. The zero-order chi connectivity index (χ0) is 11.6. The molecule has 1 aliphatic rings. The van der Waals surface area contributed by atoms with Gasteiger partial charge in [-0.15, -0.1) is 0 Å². The van der Waals surface area contributed by atoms with Gasteiger partial charge in [-0.25, -0.2) is 4.99 Å². The highest BCUT2D eigenvalue weighted by Gasteiger charge is 2.38. The summed E-state index contributed by atoms with van der Waals surface area (Å²) in [7, 11) is 0. The predicted molar refractivity (Wildman–Crippen MR) is 56.2 cm³/mol. The van der Waals surface area contributed by atoms with Gasteiger partial charge in [0.15, 0.2) is 5.84 Å². The number of rotatable bonds is 1. The van der Waals surface area contributed by atoms with Crippen molar-refractivity contribution in [3.63, 3.8) is 0 Å². The van der Waals surface area contributed by atoms with Crippen LogP contribution in [0, 0.1) is 0 Å². The van der Waals surface area contributed by atoms with Crippen molar-refractivity contribution in [2.75, 3.05) is 0 Å². The molecule has 1 aromatic rings. The Morgan fingerprint density at radius 3 is 2.38 bits per heavy atom. The van der Waals surface area contributed by atoms with Crippen molar-refractivity contribution < 1.29 is 13.2 Å². The molecule has 0 saturated heterocycles. The van der Waals surface area contributed by atoms with Crippen LogP contribution in [-0.2, 0) is 0 Å². The minimum Gasteiger partial charge on any atom is -0.203 e. The molecule has 0 spiro atoms. The van der Waals surface area contributed by atoms with Crippen molar-refractivity contribution in [1.29, 1.82) is 0 Å². The van der Waals surface area contributed by atoms with E-state index < -0.39 is 12.0 Å². The Bertz CT molecular complexity index is 439. The summed E-state index contributed by atoms with van der Waals surface area (Å²) in [5.74, 6) is -1.13. The van der Waals surface area contributed by atoms with E-state index in [1.807, 2.05) is 0 Å². The summed E-state index contributed by atoms with van der Waals surface area (Å²) >= 11 is 0.495. The van der Waals surface area contributed by atoms with E-state index in [-0.39, 0.29) is 5.84 Å². The minimum absolute atomic E-state index is 0.0351. The van der Waals surface area contributed by atoms with Crippen molar-refractivity contribution in [3.8, 4) is 0 Å². The normalized spacial score (nSPS) is 16.2. The van der Waals surface area contributed by atoms with E-state index in [1.54, 1.807) is 30.3 Å². The third-order valence-electron chi connectivity index (χ3n) is 1.75. The Morgan fingerprint density at radius 1 is 1.06 bits per heavy atom. The highest BCUT2D eigenvalue weighted by molar-refractivity contribution is 7.96. The van der Waals surface area contributed by atoms with Crippen LogP contribution in [0.25, 0.3) is 0 Å². The molecule has 0 saturated carbocycles. The molecule has 2 rings (SSSR count). The lowest BCUT2D eigenvalue weighted by atomic mass is 10.2. The second-order valence-electron chi connectivity index (χ2n) is 2.89. The molecule has 0 fully saturated rings. The number of benzene rings is 1. The SMILES string of the molecule is FC(F)(F)C1=NS[N]C(c2ccccc2)=N1. The van der Waals surface area contributed by atoms with E-state index in [4.69, 9.17) is 0 Å². The van der Waals surface area contributed by atoms with Crippen LogP contribution in [0.1, 0.15) is 5.56 Å². The average molecular weight is 244 g/mol. The van der Waals surface area contributed by atoms with Crippen molar-refractivity contribution >= 4 is 23.8 Å². The maximum atomic E-state index is 12.3. The summed E-state index contributed by atoms with van der Waals surface area (Å²) < 4.78 is 43.9. The Labute approximate surface area is 93.8 Å². The highest BCUT2D eigenvalue weighted by Crippen LogP contribution is 2.23. The lowest BCUT2D eigenvalue weighted by Crippen LogP contribution is -2.27. The molecule has 0 N–H and O–H groups in total. The fourth-order valence-corrected chi connectivity index (χ4v) is 1.54. The van der Waals surface area contributed by atoms with Gasteiger partial charge >= 0.3 is 6.18 Å². The number of aliphatic imine (C=N–C) groups is 1. The standard InChI is InChI=1S/C9H5F3N3S/c10-9(11,12)8-13-7(14-16-15-8)6-4-2-1-3-5-6/h1-5H. The van der Waals surface area contributed by atoms with E-state index in [2.05, 4.69) is 14.1 Å². The molecule has 83 valence electrons. The van der Waals surface area contributed by atoms with Crippen LogP contribution >= 0.6 is 12.1 Å². The topological polar surface area (TPSA) is 38.8 Å². The first-order chi connectivity index (χ1) is 7.57. The summed E-state index contributed by atoms with van der Waals surface area (Å²) in [5, 5.41) is 0. The summed E-state index contributed by atoms with van der Waals surface area (Å²) in [6.45, 7) is 0. The van der Waals surface area contributed by atoms with Gasteiger partial charge in [0, 0.05) is 5.56 Å². The van der Waals surface area contributed by atoms with Crippen LogP contribution in [0.4, 0.5) is 13.2 Å². The largest absolute Gasteiger partial charge is 0.452 e. The van der Waals surface area contributed by atoms with E-state index in [0.29, 0.717) is 17.7 Å². The second-order valence-corrected chi connectivity index (χ2v) is 3.42. The van der Waals surface area contributed by atoms with Gasteiger partial charge in [-0.2, -0.15) is 22.3 Å². The van der Waals surface area contributed by atoms with Crippen LogP contribution < -0.4 is 4.72 Å². The molecule has 0 bridgehead atoms. The highest BCUT2D eigenvalue weighted by atomic mass is 32.2. The van der Waals surface area contributed by atoms with Gasteiger partial charge in [-0.3, -0.25) is 0 Å². The lowest BCUT2D eigenvalue weighted by molar-refractivity contribution is -0.0594. The monoisotopic (exact) mass is 244 g/mol. The van der Waals surface area contributed by atoms with Crippen molar-refractivity contribution in [2.45, 2.75) is 6.18 Å². The zero-order valence-electron chi connectivity index (χ0n) is 7.77. The van der Waals surface area contributed by atoms with Gasteiger partial charge in [-0.1, -0.05) is 30.3 Å². The Balaban J connectivity index is 2.32. The van der Waals surface area contributed by atoms with Crippen molar-refractivity contribution in [3.05, 3.63) is 35.9 Å². The smallest absolute Gasteiger partial charge is 0.203 e. The zero-order valence-corrected chi connectivity index (χ0v) is 8.59. The Morgan fingerprint density at radius 2 is 1.75 bits per heavy atom. The van der Waals surface area contributed by atoms with Crippen LogP contribution in [0.2, 0.25) is 0 Å². The van der Waals surface area contributed by atoms with Gasteiger partial charge in [0.25, 0.3) is 0 Å². The molecular weight excluding hydrogens is 239 g/mol. The number of hydrogen-bond acceptors (Lipinski definition) is 3. The molecule has 7 heteroatoms. The van der Waals surface area contributed by atoms with E-state index >= 15 is 0 Å².